The molecule has 6 heteroatoms. The van der Waals surface area contributed by atoms with Crippen molar-refractivity contribution in [3.05, 3.63) is 0 Å². The highest BCUT2D eigenvalue weighted by Gasteiger charge is 2.46. The van der Waals surface area contributed by atoms with E-state index in [9.17, 15) is 9.36 Å². The molecule has 0 bridgehead atoms. The lowest BCUT2D eigenvalue weighted by molar-refractivity contribution is -0.154. The van der Waals surface area contributed by atoms with E-state index in [1.165, 1.54) is 0 Å². The molecule has 0 amide bonds. The second kappa shape index (κ2) is 5.19. The summed E-state index contributed by atoms with van der Waals surface area (Å²) >= 11 is 0. The Morgan fingerprint density at radius 2 is 2.25 bits per heavy atom. The van der Waals surface area contributed by atoms with Crippen molar-refractivity contribution >= 4 is 14.4 Å². The summed E-state index contributed by atoms with van der Waals surface area (Å²) < 4.78 is 15.1. The average molecular weight is 195 g/mol. The maximum Gasteiger partial charge on any atom is 0.390 e. The smallest absolute Gasteiger partial charge is 0.390 e. The zero-order valence-electron chi connectivity index (χ0n) is 6.74. The molecule has 0 saturated carbocycles. The van der Waals surface area contributed by atoms with Crippen molar-refractivity contribution in [3.63, 3.8) is 0 Å². The first-order chi connectivity index (χ1) is 5.56. The Morgan fingerprint density at radius 3 is 2.58 bits per heavy atom. The number of aliphatic carboxylic acids is 1. The van der Waals surface area contributed by atoms with Crippen molar-refractivity contribution < 1.29 is 24.3 Å². The van der Waals surface area contributed by atoms with Gasteiger partial charge < -0.3 is 14.9 Å². The van der Waals surface area contributed by atoms with Gasteiger partial charge in [-0.3, -0.25) is 0 Å². The molecule has 0 saturated heterocycles. The Kier molecular flexibility index (Phi) is 4.97. The molecular weight excluding hydrogens is 183 g/mol. The highest BCUT2D eigenvalue weighted by molar-refractivity contribution is 7.27. The predicted octanol–water partition coefficient (Wildman–Crippen LogP) is 0.210. The van der Waals surface area contributed by atoms with Crippen molar-refractivity contribution in [2.75, 3.05) is 13.2 Å². The SMILES string of the molecule is CCCOCC(O)([PH+]=O)C(=O)O. The van der Waals surface area contributed by atoms with E-state index in [2.05, 4.69) is 0 Å². The molecule has 0 aliphatic heterocycles. The Bertz CT molecular complexity index is 171. The third-order valence-corrected chi connectivity index (χ3v) is 1.88. The van der Waals surface area contributed by atoms with Gasteiger partial charge in [-0.1, -0.05) is 11.5 Å². The lowest BCUT2D eigenvalue weighted by atomic mass is 10.4. The van der Waals surface area contributed by atoms with Gasteiger partial charge in [-0.2, -0.15) is 0 Å². The van der Waals surface area contributed by atoms with Crippen LogP contribution in [0.2, 0.25) is 0 Å². The highest BCUT2D eigenvalue weighted by atomic mass is 31.1. The third kappa shape index (κ3) is 3.26. The number of carboxylic acids is 1. The number of rotatable bonds is 6. The summed E-state index contributed by atoms with van der Waals surface area (Å²) in [7, 11) is -1.33. The van der Waals surface area contributed by atoms with Crippen LogP contribution in [0.25, 0.3) is 0 Å². The highest BCUT2D eigenvalue weighted by Crippen LogP contribution is 2.20. The normalized spacial score (nSPS) is 15.8. The molecule has 2 unspecified atom stereocenters. The molecule has 0 aliphatic rings. The van der Waals surface area contributed by atoms with E-state index >= 15 is 0 Å². The second-order valence-corrected chi connectivity index (χ2v) is 3.35. The molecule has 0 aromatic heterocycles. The minimum Gasteiger partial charge on any atom is -0.476 e. The molecule has 5 nitrogen and oxygen atoms in total. The number of carbonyl (C=O) groups is 1. The third-order valence-electron chi connectivity index (χ3n) is 1.18. The minimum absolute atomic E-state index is 0.347. The van der Waals surface area contributed by atoms with E-state index in [1.807, 2.05) is 6.92 Å². The molecule has 2 N–H and O–H groups in total. The van der Waals surface area contributed by atoms with E-state index in [4.69, 9.17) is 14.9 Å². The summed E-state index contributed by atoms with van der Waals surface area (Å²) in [6.07, 6.45) is 0.720. The van der Waals surface area contributed by atoms with Gasteiger partial charge in [0.15, 0.2) is 0 Å². The molecule has 0 rings (SSSR count). The van der Waals surface area contributed by atoms with Gasteiger partial charge in [-0.05, 0) is 6.42 Å². The average Bonchev–Trinajstić information content (AvgIpc) is 2.04. The van der Waals surface area contributed by atoms with E-state index in [0.29, 0.717) is 6.61 Å². The molecular formula is C6H12O5P+. The number of ether oxygens (including phenoxy) is 1. The van der Waals surface area contributed by atoms with Crippen molar-refractivity contribution in [1.82, 2.24) is 0 Å². The van der Waals surface area contributed by atoms with Crippen LogP contribution >= 0.6 is 8.46 Å². The number of aliphatic hydroxyl groups is 1. The van der Waals surface area contributed by atoms with E-state index < -0.39 is 26.4 Å². The largest absolute Gasteiger partial charge is 0.476 e. The number of hydrogen-bond acceptors (Lipinski definition) is 4. The van der Waals surface area contributed by atoms with Crippen molar-refractivity contribution in [3.8, 4) is 0 Å². The van der Waals surface area contributed by atoms with Crippen molar-refractivity contribution in [1.29, 1.82) is 0 Å². The predicted molar refractivity (Wildman–Crippen MR) is 42.7 cm³/mol. The van der Waals surface area contributed by atoms with Gasteiger partial charge in [-0.15, -0.1) is 0 Å². The van der Waals surface area contributed by atoms with Gasteiger partial charge >= 0.3 is 19.8 Å². The maximum absolute atomic E-state index is 10.3. The quantitative estimate of drug-likeness (QED) is 0.467. The van der Waals surface area contributed by atoms with Crippen molar-refractivity contribution in [2.45, 2.75) is 18.7 Å². The van der Waals surface area contributed by atoms with E-state index in [0.717, 1.165) is 6.42 Å². The fraction of sp³-hybridized carbons (Fsp3) is 0.833. The molecule has 0 aromatic rings. The molecule has 0 radical (unpaired) electrons. The Morgan fingerprint density at radius 1 is 1.67 bits per heavy atom. The molecule has 0 aliphatic carbocycles. The van der Waals surface area contributed by atoms with Gasteiger partial charge in [-0.25, -0.2) is 4.79 Å². The molecule has 12 heavy (non-hydrogen) atoms. The first-order valence-corrected chi connectivity index (χ1v) is 4.40. The van der Waals surface area contributed by atoms with Gasteiger partial charge in [0, 0.05) is 6.61 Å². The Labute approximate surface area is 71.5 Å². The number of hydrogen-bond donors (Lipinski definition) is 2. The maximum atomic E-state index is 10.3. The van der Waals surface area contributed by atoms with Gasteiger partial charge in [0.25, 0.3) is 0 Å². The van der Waals surface area contributed by atoms with Crippen LogP contribution < -0.4 is 0 Å². The molecule has 70 valence electrons. The molecule has 0 fully saturated rings. The molecule has 2 atom stereocenters. The Hall–Kier alpha value is -0.510. The zero-order chi connectivity index (χ0) is 9.61. The summed E-state index contributed by atoms with van der Waals surface area (Å²) in [4.78, 5) is 10.3. The summed E-state index contributed by atoms with van der Waals surface area (Å²) in [5.41, 5.74) is 0. The molecule has 0 heterocycles. The minimum atomic E-state index is -2.24. The van der Waals surface area contributed by atoms with Crippen LogP contribution in [0.4, 0.5) is 0 Å². The van der Waals surface area contributed by atoms with Crippen LogP contribution in [0.1, 0.15) is 13.3 Å². The fourth-order valence-corrected chi connectivity index (χ4v) is 0.747. The van der Waals surface area contributed by atoms with E-state index in [-0.39, 0.29) is 0 Å². The van der Waals surface area contributed by atoms with Crippen LogP contribution in [0.3, 0.4) is 0 Å². The van der Waals surface area contributed by atoms with Crippen molar-refractivity contribution in [2.24, 2.45) is 0 Å². The Balaban J connectivity index is 3.97. The summed E-state index contributed by atoms with van der Waals surface area (Å²) in [6.45, 7) is 1.76. The summed E-state index contributed by atoms with van der Waals surface area (Å²) in [6, 6.07) is 0. The monoisotopic (exact) mass is 195 g/mol. The summed E-state index contributed by atoms with van der Waals surface area (Å²) in [5.74, 6) is -1.52. The summed E-state index contributed by atoms with van der Waals surface area (Å²) in [5, 5.41) is 15.3. The van der Waals surface area contributed by atoms with Crippen LogP contribution in [-0.4, -0.2) is 34.7 Å². The van der Waals surface area contributed by atoms with Gasteiger partial charge in [0.1, 0.15) is 6.61 Å². The fourth-order valence-electron chi connectivity index (χ4n) is 0.499. The molecule has 0 spiro atoms. The first kappa shape index (κ1) is 11.5. The molecule has 0 aromatic carbocycles. The van der Waals surface area contributed by atoms with Gasteiger partial charge in [0.05, 0.1) is 0 Å². The first-order valence-electron chi connectivity index (χ1n) is 3.49. The standard InChI is InChI=1S/C6H11O5P/c1-2-3-11-4-6(9,12-10)5(7)8/h9H,2-4H2,1H3,(H,7,8)/p+1. The van der Waals surface area contributed by atoms with Crippen LogP contribution in [0.15, 0.2) is 0 Å². The van der Waals surface area contributed by atoms with E-state index in [1.54, 1.807) is 0 Å². The topological polar surface area (TPSA) is 83.8 Å². The van der Waals surface area contributed by atoms with Crippen LogP contribution in [0.5, 0.6) is 0 Å². The van der Waals surface area contributed by atoms with Crippen LogP contribution in [0, 0.1) is 0 Å². The lowest BCUT2D eigenvalue weighted by Gasteiger charge is -2.08. The van der Waals surface area contributed by atoms with Crippen LogP contribution in [-0.2, 0) is 14.1 Å². The van der Waals surface area contributed by atoms with Gasteiger partial charge in [0.2, 0.25) is 0 Å². The lowest BCUT2D eigenvalue weighted by Crippen LogP contribution is -2.37. The second-order valence-electron chi connectivity index (χ2n) is 2.32. The number of carboxylic acid groups (broad SMARTS) is 1. The zero-order valence-corrected chi connectivity index (χ0v) is 7.74.